The van der Waals surface area contributed by atoms with E-state index in [-0.39, 0.29) is 26.1 Å². The molecule has 0 aliphatic rings. The van der Waals surface area contributed by atoms with E-state index < -0.39 is 24.0 Å². The number of rotatable bonds is 7. The lowest BCUT2D eigenvalue weighted by atomic mass is 9.78. The van der Waals surface area contributed by atoms with Crippen LogP contribution in [0.4, 0.5) is 0 Å². The van der Waals surface area contributed by atoms with Crippen molar-refractivity contribution in [3.05, 3.63) is 0 Å². The van der Waals surface area contributed by atoms with Crippen LogP contribution in [0.25, 0.3) is 0 Å². The average molecular weight is 207 g/mol. The van der Waals surface area contributed by atoms with E-state index in [4.69, 9.17) is 21.1 Å². The Bertz CT molecular complexity index is 187. The zero-order chi connectivity index (χ0) is 11.2. The average Bonchev–Trinajstić information content (AvgIpc) is 2.14. The van der Waals surface area contributed by atoms with Crippen molar-refractivity contribution in [3.63, 3.8) is 0 Å². The van der Waals surface area contributed by atoms with Gasteiger partial charge in [0.2, 0.25) is 5.91 Å². The Morgan fingerprint density at radius 2 is 1.86 bits per heavy atom. The third-order valence-electron chi connectivity index (χ3n) is 2.37. The molecular formula is C8H17NO5. The lowest BCUT2D eigenvalue weighted by Gasteiger charge is -2.32. The fourth-order valence-electron chi connectivity index (χ4n) is 1.31. The number of hydrogen-bond donors (Lipinski definition) is 5. The Kier molecular flexibility index (Phi) is 5.63. The highest BCUT2D eigenvalue weighted by atomic mass is 16.3. The maximum atomic E-state index is 11.1. The van der Waals surface area contributed by atoms with Crippen LogP contribution in [-0.2, 0) is 4.79 Å². The fourth-order valence-corrected chi connectivity index (χ4v) is 1.31. The van der Waals surface area contributed by atoms with Crippen LogP contribution in [0.15, 0.2) is 0 Å². The van der Waals surface area contributed by atoms with Gasteiger partial charge in [-0.05, 0) is 12.8 Å². The Labute approximate surface area is 82.0 Å². The van der Waals surface area contributed by atoms with Gasteiger partial charge in [0, 0.05) is 13.2 Å². The van der Waals surface area contributed by atoms with Gasteiger partial charge in [-0.2, -0.15) is 0 Å². The molecule has 84 valence electrons. The van der Waals surface area contributed by atoms with E-state index in [1.807, 2.05) is 0 Å². The number of carbonyl (C=O) groups is 1. The Balaban J connectivity index is 4.72. The molecule has 2 atom stereocenters. The molecular weight excluding hydrogens is 190 g/mol. The second-order valence-electron chi connectivity index (χ2n) is 3.18. The van der Waals surface area contributed by atoms with Crippen molar-refractivity contribution < 1.29 is 25.2 Å². The van der Waals surface area contributed by atoms with Gasteiger partial charge in [0.05, 0.1) is 18.1 Å². The molecule has 14 heavy (non-hydrogen) atoms. The molecule has 0 bridgehead atoms. The summed E-state index contributed by atoms with van der Waals surface area (Å²) in [5, 5.41) is 35.8. The molecule has 0 saturated carbocycles. The van der Waals surface area contributed by atoms with Crippen LogP contribution < -0.4 is 5.73 Å². The molecule has 2 unspecified atom stereocenters. The topological polar surface area (TPSA) is 124 Å². The monoisotopic (exact) mass is 207 g/mol. The highest BCUT2D eigenvalue weighted by Gasteiger charge is 2.42. The number of carbonyl (C=O) groups excluding carboxylic acids is 1. The zero-order valence-corrected chi connectivity index (χ0v) is 7.89. The van der Waals surface area contributed by atoms with Crippen LogP contribution in [0.5, 0.6) is 0 Å². The summed E-state index contributed by atoms with van der Waals surface area (Å²) < 4.78 is 0. The number of primary amides is 1. The first-order chi connectivity index (χ1) is 6.55. The minimum absolute atomic E-state index is 0.0660. The van der Waals surface area contributed by atoms with Crippen molar-refractivity contribution in [2.75, 3.05) is 19.8 Å². The van der Waals surface area contributed by atoms with Gasteiger partial charge >= 0.3 is 0 Å². The minimum Gasteiger partial charge on any atom is -0.396 e. The van der Waals surface area contributed by atoms with E-state index in [2.05, 4.69) is 0 Å². The molecule has 0 aromatic heterocycles. The van der Waals surface area contributed by atoms with E-state index in [9.17, 15) is 9.90 Å². The minimum atomic E-state index is -1.56. The van der Waals surface area contributed by atoms with Crippen LogP contribution in [0.3, 0.4) is 0 Å². The number of amides is 1. The maximum absolute atomic E-state index is 11.1. The van der Waals surface area contributed by atoms with Crippen LogP contribution in [0, 0.1) is 5.41 Å². The molecule has 0 radical (unpaired) electrons. The highest BCUT2D eigenvalue weighted by Crippen LogP contribution is 2.27. The Morgan fingerprint density at radius 1 is 1.29 bits per heavy atom. The van der Waals surface area contributed by atoms with E-state index in [0.29, 0.717) is 0 Å². The molecule has 0 rings (SSSR count). The number of nitrogens with two attached hydrogens (primary N) is 1. The lowest BCUT2D eigenvalue weighted by molar-refractivity contribution is -0.141. The van der Waals surface area contributed by atoms with Gasteiger partial charge in [0.15, 0.2) is 0 Å². The summed E-state index contributed by atoms with van der Waals surface area (Å²) in [5.41, 5.74) is 3.49. The summed E-state index contributed by atoms with van der Waals surface area (Å²) >= 11 is 0. The van der Waals surface area contributed by atoms with Crippen molar-refractivity contribution in [2.45, 2.75) is 18.9 Å². The summed E-state index contributed by atoms with van der Waals surface area (Å²) in [7, 11) is 0. The SMILES string of the molecule is NC(=O)C(CO)(CCO)C(O)CCO. The van der Waals surface area contributed by atoms with E-state index >= 15 is 0 Å². The van der Waals surface area contributed by atoms with Crippen molar-refractivity contribution in [3.8, 4) is 0 Å². The summed E-state index contributed by atoms with van der Waals surface area (Å²) in [6, 6.07) is 0. The third-order valence-corrected chi connectivity index (χ3v) is 2.37. The Hall–Kier alpha value is -0.690. The summed E-state index contributed by atoms with van der Waals surface area (Å²) in [5.74, 6) is -0.880. The van der Waals surface area contributed by atoms with Crippen LogP contribution in [-0.4, -0.2) is 52.3 Å². The second-order valence-corrected chi connectivity index (χ2v) is 3.18. The Morgan fingerprint density at radius 3 is 2.14 bits per heavy atom. The molecule has 0 saturated heterocycles. The molecule has 1 amide bonds. The summed E-state index contributed by atoms with van der Waals surface area (Å²) in [4.78, 5) is 11.1. The molecule has 0 aliphatic heterocycles. The van der Waals surface area contributed by atoms with Gasteiger partial charge in [-0.3, -0.25) is 4.79 Å². The maximum Gasteiger partial charge on any atom is 0.228 e. The molecule has 6 N–H and O–H groups in total. The third kappa shape index (κ3) is 2.65. The quantitative estimate of drug-likeness (QED) is 0.318. The predicted octanol–water partition coefficient (Wildman–Crippen LogP) is -2.42. The van der Waals surface area contributed by atoms with Gasteiger partial charge in [-0.1, -0.05) is 0 Å². The predicted molar refractivity (Wildman–Crippen MR) is 48.1 cm³/mol. The lowest BCUT2D eigenvalue weighted by Crippen LogP contribution is -2.50. The van der Waals surface area contributed by atoms with Crippen molar-refractivity contribution in [2.24, 2.45) is 11.1 Å². The number of aliphatic hydroxyl groups excluding tert-OH is 4. The number of aliphatic hydroxyl groups is 4. The molecule has 0 heterocycles. The van der Waals surface area contributed by atoms with Crippen LogP contribution in [0.2, 0.25) is 0 Å². The largest absolute Gasteiger partial charge is 0.396 e. The fraction of sp³-hybridized carbons (Fsp3) is 0.875. The molecule has 0 aliphatic carbocycles. The standard InChI is InChI=1S/C8H17NO5/c9-7(14)8(5-12,2-4-11)6(13)1-3-10/h6,10-13H,1-5H2,(H2,9,14). The van der Waals surface area contributed by atoms with E-state index in [1.54, 1.807) is 0 Å². The number of hydrogen-bond acceptors (Lipinski definition) is 5. The van der Waals surface area contributed by atoms with Crippen LogP contribution >= 0.6 is 0 Å². The van der Waals surface area contributed by atoms with Crippen molar-refractivity contribution in [1.82, 2.24) is 0 Å². The van der Waals surface area contributed by atoms with Gasteiger partial charge in [0.1, 0.15) is 0 Å². The molecule has 0 aromatic rings. The summed E-state index contributed by atoms with van der Waals surface area (Å²) in [6.07, 6.45) is -1.44. The van der Waals surface area contributed by atoms with Gasteiger partial charge < -0.3 is 26.2 Å². The molecule has 0 fully saturated rings. The molecule has 0 aromatic carbocycles. The molecule has 6 nitrogen and oxygen atoms in total. The van der Waals surface area contributed by atoms with Crippen molar-refractivity contribution in [1.29, 1.82) is 0 Å². The van der Waals surface area contributed by atoms with E-state index in [0.717, 1.165) is 0 Å². The highest BCUT2D eigenvalue weighted by molar-refractivity contribution is 5.81. The normalized spacial score (nSPS) is 17.4. The molecule has 0 spiro atoms. The first-order valence-corrected chi connectivity index (χ1v) is 4.35. The van der Waals surface area contributed by atoms with Crippen LogP contribution in [0.1, 0.15) is 12.8 Å². The van der Waals surface area contributed by atoms with Gasteiger partial charge in [0.25, 0.3) is 0 Å². The molecule has 6 heteroatoms. The first kappa shape index (κ1) is 13.3. The second kappa shape index (κ2) is 5.92. The first-order valence-electron chi connectivity index (χ1n) is 4.35. The smallest absolute Gasteiger partial charge is 0.228 e. The summed E-state index contributed by atoms with van der Waals surface area (Å²) in [6.45, 7) is -1.34. The van der Waals surface area contributed by atoms with Crippen molar-refractivity contribution >= 4 is 5.91 Å². The van der Waals surface area contributed by atoms with Gasteiger partial charge in [-0.15, -0.1) is 0 Å². The zero-order valence-electron chi connectivity index (χ0n) is 7.89. The van der Waals surface area contributed by atoms with E-state index in [1.165, 1.54) is 0 Å². The van der Waals surface area contributed by atoms with Gasteiger partial charge in [-0.25, -0.2) is 0 Å².